The van der Waals surface area contributed by atoms with Crippen LogP contribution in [0.5, 0.6) is 0 Å². The van der Waals surface area contributed by atoms with Gasteiger partial charge < -0.3 is 14.0 Å². The van der Waals surface area contributed by atoms with Gasteiger partial charge in [-0.1, -0.05) is 30.3 Å². The number of benzene rings is 1. The minimum absolute atomic E-state index is 0.0136. The zero-order valence-electron chi connectivity index (χ0n) is 12.4. The van der Waals surface area contributed by atoms with E-state index in [4.69, 9.17) is 14.0 Å². The first kappa shape index (κ1) is 16.3. The van der Waals surface area contributed by atoms with Gasteiger partial charge in [0.05, 0.1) is 11.2 Å². The summed E-state index contributed by atoms with van der Waals surface area (Å²) in [6.07, 6.45) is -6.64. The second-order valence-electron chi connectivity index (χ2n) is 6.01. The predicted octanol–water partition coefficient (Wildman–Crippen LogP) is 3.90. The van der Waals surface area contributed by atoms with Gasteiger partial charge in [-0.25, -0.2) is 0 Å². The number of halogens is 3. The van der Waals surface area contributed by atoms with Crippen molar-refractivity contribution in [2.45, 2.75) is 51.2 Å². The number of alkyl halides is 3. The van der Waals surface area contributed by atoms with Crippen LogP contribution in [0.15, 0.2) is 30.3 Å². The molecular weight excluding hydrogens is 284 g/mol. The molecule has 1 aromatic carbocycles. The van der Waals surface area contributed by atoms with E-state index in [1.165, 1.54) is 24.3 Å². The first-order valence-corrected chi connectivity index (χ1v) is 6.66. The van der Waals surface area contributed by atoms with Gasteiger partial charge >= 0.3 is 13.5 Å². The molecule has 0 aromatic heterocycles. The Hall–Kier alpha value is -1.05. The number of hydrogen-bond donors (Lipinski definition) is 0. The summed E-state index contributed by atoms with van der Waals surface area (Å²) in [6, 6.07) is 7.43. The fourth-order valence-electron chi connectivity index (χ4n) is 1.93. The van der Waals surface area contributed by atoms with Crippen molar-refractivity contribution >= 4 is 7.32 Å². The highest BCUT2D eigenvalue weighted by molar-refractivity contribution is 6.37. The molecule has 7 heteroatoms. The van der Waals surface area contributed by atoms with Gasteiger partial charge in [0, 0.05) is 0 Å². The Kier molecular flexibility index (Phi) is 4.12. The highest BCUT2D eigenvalue weighted by atomic mass is 19.4. The summed E-state index contributed by atoms with van der Waals surface area (Å²) in [6.45, 7) is 7.01. The molecule has 0 aliphatic carbocycles. The molecule has 1 heterocycles. The van der Waals surface area contributed by atoms with Gasteiger partial charge in [-0.3, -0.25) is 0 Å². The highest BCUT2D eigenvalue weighted by Gasteiger charge is 2.56. The van der Waals surface area contributed by atoms with Gasteiger partial charge in [0.2, 0.25) is 0 Å². The summed E-state index contributed by atoms with van der Waals surface area (Å²) in [5.74, 6) is 0. The van der Waals surface area contributed by atoms with Crippen LogP contribution in [0.4, 0.5) is 13.2 Å². The average molecular weight is 302 g/mol. The third kappa shape index (κ3) is 3.41. The van der Waals surface area contributed by atoms with E-state index < -0.39 is 30.8 Å². The molecule has 21 heavy (non-hydrogen) atoms. The van der Waals surface area contributed by atoms with Crippen LogP contribution < -0.4 is 0 Å². The van der Waals surface area contributed by atoms with Crippen LogP contribution in [0.2, 0.25) is 0 Å². The van der Waals surface area contributed by atoms with Crippen LogP contribution in [0, 0.1) is 0 Å². The van der Waals surface area contributed by atoms with Gasteiger partial charge in [-0.05, 0) is 33.3 Å². The molecule has 0 amide bonds. The summed E-state index contributed by atoms with van der Waals surface area (Å²) in [5.41, 5.74) is -1.48. The molecule has 1 aliphatic heterocycles. The van der Waals surface area contributed by atoms with Crippen molar-refractivity contribution in [3.63, 3.8) is 0 Å². The zero-order chi connectivity index (χ0) is 15.9. The second-order valence-corrected chi connectivity index (χ2v) is 6.01. The van der Waals surface area contributed by atoms with Crippen molar-refractivity contribution in [3.8, 4) is 0 Å². The van der Waals surface area contributed by atoms with Crippen LogP contribution in [-0.2, 0) is 14.0 Å². The Morgan fingerprint density at radius 1 is 1.00 bits per heavy atom. The third-order valence-electron chi connectivity index (χ3n) is 3.88. The lowest BCUT2D eigenvalue weighted by Crippen LogP contribution is -2.41. The van der Waals surface area contributed by atoms with E-state index >= 15 is 0 Å². The number of rotatable bonds is 3. The molecule has 0 saturated carbocycles. The van der Waals surface area contributed by atoms with Crippen molar-refractivity contribution in [1.82, 2.24) is 0 Å². The van der Waals surface area contributed by atoms with Crippen LogP contribution in [0.1, 0.15) is 39.4 Å². The maximum atomic E-state index is 13.2. The summed E-state index contributed by atoms with van der Waals surface area (Å²) in [4.78, 5) is 0. The van der Waals surface area contributed by atoms with E-state index in [2.05, 4.69) is 0 Å². The largest absolute Gasteiger partial charge is 0.641 e. The topological polar surface area (TPSA) is 27.7 Å². The van der Waals surface area contributed by atoms with Crippen molar-refractivity contribution in [3.05, 3.63) is 35.9 Å². The lowest BCUT2D eigenvalue weighted by Gasteiger charge is -2.31. The molecule has 0 radical (unpaired) electrons. The molecule has 2 rings (SSSR count). The smallest absolute Gasteiger partial charge is 0.378 e. The second kappa shape index (κ2) is 5.30. The molecule has 1 fully saturated rings. The van der Waals surface area contributed by atoms with E-state index in [1.54, 1.807) is 33.8 Å². The molecular formula is C14H18BF3O3. The minimum Gasteiger partial charge on any atom is -0.378 e. The molecule has 1 saturated heterocycles. The third-order valence-corrected chi connectivity index (χ3v) is 3.88. The van der Waals surface area contributed by atoms with Crippen LogP contribution in [-0.4, -0.2) is 24.7 Å². The molecule has 3 nitrogen and oxygen atoms in total. The Balaban J connectivity index is 2.19. The van der Waals surface area contributed by atoms with Crippen LogP contribution in [0.25, 0.3) is 0 Å². The Morgan fingerprint density at radius 2 is 1.48 bits per heavy atom. The number of hydrogen-bond acceptors (Lipinski definition) is 3. The average Bonchev–Trinajstić information content (AvgIpc) is 2.54. The van der Waals surface area contributed by atoms with E-state index in [0.717, 1.165) is 0 Å². The van der Waals surface area contributed by atoms with E-state index in [9.17, 15) is 13.2 Å². The summed E-state index contributed by atoms with van der Waals surface area (Å²) in [5, 5.41) is 0. The fraction of sp³-hybridized carbons (Fsp3) is 0.571. The lowest BCUT2D eigenvalue weighted by molar-refractivity contribution is -0.206. The van der Waals surface area contributed by atoms with E-state index in [0.29, 0.717) is 0 Å². The monoisotopic (exact) mass is 302 g/mol. The normalized spacial score (nSPS) is 22.3. The minimum atomic E-state index is -4.55. The maximum absolute atomic E-state index is 13.2. The molecule has 1 aliphatic rings. The van der Waals surface area contributed by atoms with Crippen molar-refractivity contribution < 1.29 is 27.1 Å². The van der Waals surface area contributed by atoms with Crippen molar-refractivity contribution in [1.29, 1.82) is 0 Å². The molecule has 1 aromatic rings. The first-order valence-electron chi connectivity index (χ1n) is 6.66. The molecule has 116 valence electrons. The van der Waals surface area contributed by atoms with Crippen molar-refractivity contribution in [2.75, 3.05) is 0 Å². The Morgan fingerprint density at radius 3 is 1.90 bits per heavy atom. The van der Waals surface area contributed by atoms with E-state index in [1.807, 2.05) is 0 Å². The van der Waals surface area contributed by atoms with Gasteiger partial charge in [-0.15, -0.1) is 0 Å². The summed E-state index contributed by atoms with van der Waals surface area (Å²) in [7, 11) is -1.36. The van der Waals surface area contributed by atoms with Gasteiger partial charge in [0.15, 0.2) is 6.10 Å². The van der Waals surface area contributed by atoms with Crippen molar-refractivity contribution in [2.24, 2.45) is 0 Å². The first-order chi connectivity index (χ1) is 9.53. The maximum Gasteiger partial charge on any atom is 0.641 e. The van der Waals surface area contributed by atoms with Gasteiger partial charge in [-0.2, -0.15) is 13.2 Å². The highest BCUT2D eigenvalue weighted by Crippen LogP contribution is 2.41. The van der Waals surface area contributed by atoms with Gasteiger partial charge in [0.25, 0.3) is 0 Å². The molecule has 0 N–H and O–H groups in total. The summed E-state index contributed by atoms with van der Waals surface area (Å²) >= 11 is 0. The molecule has 0 bridgehead atoms. The fourth-order valence-corrected chi connectivity index (χ4v) is 1.93. The molecule has 1 unspecified atom stereocenters. The van der Waals surface area contributed by atoms with E-state index in [-0.39, 0.29) is 5.56 Å². The Labute approximate surface area is 122 Å². The van der Waals surface area contributed by atoms with Gasteiger partial charge in [0.1, 0.15) is 0 Å². The van der Waals surface area contributed by atoms with Crippen LogP contribution >= 0.6 is 0 Å². The Bertz CT molecular complexity index is 472. The standard InChI is InChI=1S/C14H18BF3O3/c1-12(2)13(3,4)21-15(20-12)19-11(14(16,17)18)10-8-6-5-7-9-10/h5-9,11H,1-4H3. The predicted molar refractivity (Wildman–Crippen MR) is 72.4 cm³/mol. The quantitative estimate of drug-likeness (QED) is 0.793. The van der Waals surface area contributed by atoms with Crippen LogP contribution in [0.3, 0.4) is 0 Å². The SMILES string of the molecule is CC1(C)OB(OC(c2ccccc2)C(F)(F)F)OC1(C)C. The molecule has 1 atom stereocenters. The molecule has 0 spiro atoms. The summed E-state index contributed by atoms with van der Waals surface area (Å²) < 4.78 is 55.6. The zero-order valence-corrected chi connectivity index (χ0v) is 12.4. The lowest BCUT2D eigenvalue weighted by atomic mass is 9.90.